The van der Waals surface area contributed by atoms with Crippen molar-refractivity contribution in [3.63, 3.8) is 0 Å². The summed E-state index contributed by atoms with van der Waals surface area (Å²) in [6.45, 7) is 1.91. The predicted molar refractivity (Wildman–Crippen MR) is 54.8 cm³/mol. The minimum absolute atomic E-state index is 0.193. The highest BCUT2D eigenvalue weighted by Crippen LogP contribution is 2.26. The summed E-state index contributed by atoms with van der Waals surface area (Å²) >= 11 is 8.20. The summed E-state index contributed by atoms with van der Waals surface area (Å²) in [5, 5.41) is 8.53. The molecule has 0 bridgehead atoms. The molecule has 0 aliphatic rings. The van der Waals surface area contributed by atoms with Crippen LogP contribution in [-0.2, 0) is 9.08 Å². The molecule has 0 aliphatic heterocycles. The van der Waals surface area contributed by atoms with Crippen molar-refractivity contribution >= 4 is 33.8 Å². The Morgan fingerprint density at radius 1 is 1.54 bits per heavy atom. The second kappa shape index (κ2) is 6.62. The second-order valence-corrected chi connectivity index (χ2v) is 5.00. The van der Waals surface area contributed by atoms with E-state index in [-0.39, 0.29) is 6.61 Å². The van der Waals surface area contributed by atoms with Gasteiger partial charge in [-0.15, -0.1) is 0 Å². The van der Waals surface area contributed by atoms with Gasteiger partial charge in [0.2, 0.25) is 0 Å². The van der Waals surface area contributed by atoms with Gasteiger partial charge in [-0.25, -0.2) is 4.79 Å². The lowest BCUT2D eigenvalue weighted by Gasteiger charge is -2.17. The van der Waals surface area contributed by atoms with E-state index in [2.05, 4.69) is 20.2 Å². The number of aliphatic hydroxyl groups excluding tert-OH is 1. The van der Waals surface area contributed by atoms with E-state index < -0.39 is 10.3 Å². The maximum Gasteiger partial charge on any atom is 0.340 e. The number of hydrogen-bond acceptors (Lipinski definition) is 3. The van der Waals surface area contributed by atoms with Gasteiger partial charge in [0.1, 0.15) is 16.2 Å². The molecule has 0 aromatic heterocycles. The van der Waals surface area contributed by atoms with Crippen LogP contribution in [0.25, 0.3) is 0 Å². The van der Waals surface area contributed by atoms with Crippen LogP contribution < -0.4 is 0 Å². The number of unbranched alkanes of at least 4 members (excludes halogenated alkanes) is 2. The largest absolute Gasteiger partial charge is 0.396 e. The molecule has 1 unspecified atom stereocenters. The van der Waals surface area contributed by atoms with Crippen LogP contribution in [0, 0.1) is 0 Å². The zero-order valence-electron chi connectivity index (χ0n) is 7.56. The molecule has 1 atom stereocenters. The minimum atomic E-state index is -0.704. The van der Waals surface area contributed by atoms with E-state index >= 15 is 0 Å². The zero-order valence-corrected chi connectivity index (χ0v) is 9.90. The Balaban J connectivity index is 3.69. The lowest BCUT2D eigenvalue weighted by molar-refractivity contribution is -0.136. The van der Waals surface area contributed by atoms with E-state index in [1.54, 1.807) is 6.92 Å². The summed E-state index contributed by atoms with van der Waals surface area (Å²) < 4.78 is 3.40. The summed E-state index contributed by atoms with van der Waals surface area (Å²) in [5.74, 6) is -0.474. The summed E-state index contributed by atoms with van der Waals surface area (Å²) in [5.41, 5.74) is 0. The molecule has 0 amide bonds. The molecular weight excluding hydrogens is 259 g/mol. The van der Waals surface area contributed by atoms with Crippen molar-refractivity contribution in [2.75, 3.05) is 6.61 Å². The fraction of sp³-hybridized carbons (Fsp3) is 0.875. The van der Waals surface area contributed by atoms with Gasteiger partial charge in [-0.2, -0.15) is 0 Å². The molecule has 0 saturated heterocycles. The highest BCUT2D eigenvalue weighted by Gasteiger charge is 2.31. The second-order valence-electron chi connectivity index (χ2n) is 3.10. The maximum absolute atomic E-state index is 11.0. The lowest BCUT2D eigenvalue weighted by Crippen LogP contribution is -2.28. The first-order chi connectivity index (χ1) is 6.04. The molecule has 0 radical (unpaired) electrons. The van der Waals surface area contributed by atoms with Crippen molar-refractivity contribution in [1.29, 1.82) is 0 Å². The first-order valence-corrected chi connectivity index (χ1v) is 5.27. The van der Waals surface area contributed by atoms with E-state index in [0.29, 0.717) is 6.42 Å². The fourth-order valence-electron chi connectivity index (χ4n) is 0.928. The molecule has 1 N–H and O–H groups in total. The molecule has 5 heteroatoms. The Kier molecular flexibility index (Phi) is 6.73. The molecule has 0 aromatic rings. The van der Waals surface area contributed by atoms with Crippen LogP contribution >= 0.6 is 27.8 Å². The van der Waals surface area contributed by atoms with Crippen LogP contribution in [0.5, 0.6) is 0 Å². The van der Waals surface area contributed by atoms with Gasteiger partial charge in [0.15, 0.2) is 0 Å². The Bertz CT molecular complexity index is 161. The van der Waals surface area contributed by atoms with E-state index in [0.717, 1.165) is 19.3 Å². The summed E-state index contributed by atoms with van der Waals surface area (Å²) in [6, 6.07) is 0. The summed E-state index contributed by atoms with van der Waals surface area (Å²) in [4.78, 5) is 11.0. The fourth-order valence-corrected chi connectivity index (χ4v) is 1.55. The van der Waals surface area contributed by atoms with Crippen molar-refractivity contribution < 1.29 is 14.2 Å². The van der Waals surface area contributed by atoms with Crippen molar-refractivity contribution in [2.24, 2.45) is 0 Å². The van der Waals surface area contributed by atoms with E-state index in [1.165, 1.54) is 0 Å². The third kappa shape index (κ3) is 5.49. The molecule has 78 valence electrons. The number of alkyl halides is 1. The zero-order chi connectivity index (χ0) is 10.3. The molecule has 0 spiro atoms. The Morgan fingerprint density at radius 3 is 2.62 bits per heavy atom. The van der Waals surface area contributed by atoms with Crippen LogP contribution in [0.1, 0.15) is 32.6 Å². The number of rotatable bonds is 6. The number of hydrogen-bond donors (Lipinski definition) is 1. The van der Waals surface area contributed by atoms with Crippen LogP contribution in [0.15, 0.2) is 0 Å². The molecule has 0 aromatic carbocycles. The lowest BCUT2D eigenvalue weighted by atomic mass is 10.0. The van der Waals surface area contributed by atoms with E-state index in [4.69, 9.17) is 17.0 Å². The van der Waals surface area contributed by atoms with Gasteiger partial charge in [-0.3, -0.25) is 0 Å². The first kappa shape index (κ1) is 13.2. The van der Waals surface area contributed by atoms with Crippen LogP contribution in [0.3, 0.4) is 0 Å². The SMILES string of the molecule is CC(Br)(CCCCCO)C(=O)OCl. The standard InChI is InChI=1S/C8H14BrClO3/c1-8(9,7(12)13-10)5-3-2-4-6-11/h11H,2-6H2,1H3. The number of aliphatic hydroxyl groups is 1. The average molecular weight is 274 g/mol. The number of halogens is 2. The van der Waals surface area contributed by atoms with Gasteiger partial charge in [-0.1, -0.05) is 28.8 Å². The monoisotopic (exact) mass is 272 g/mol. The van der Waals surface area contributed by atoms with Crippen LogP contribution in [-0.4, -0.2) is 22.0 Å². The van der Waals surface area contributed by atoms with Gasteiger partial charge in [-0.05, 0) is 19.8 Å². The highest BCUT2D eigenvalue weighted by atomic mass is 79.9. The number of carbonyl (C=O) groups is 1. The van der Waals surface area contributed by atoms with Crippen LogP contribution in [0.2, 0.25) is 0 Å². The molecular formula is C8H14BrClO3. The molecule has 0 heterocycles. The molecule has 3 nitrogen and oxygen atoms in total. The number of carbonyl (C=O) groups excluding carboxylic acids is 1. The van der Waals surface area contributed by atoms with Gasteiger partial charge in [0, 0.05) is 6.61 Å². The molecule has 0 fully saturated rings. The molecule has 0 rings (SSSR count). The Morgan fingerprint density at radius 2 is 2.15 bits per heavy atom. The summed E-state index contributed by atoms with van der Waals surface area (Å²) in [6.07, 6.45) is 3.17. The van der Waals surface area contributed by atoms with E-state index in [9.17, 15) is 4.79 Å². The predicted octanol–water partition coefficient (Wildman–Crippen LogP) is 2.39. The van der Waals surface area contributed by atoms with Crippen LogP contribution in [0.4, 0.5) is 0 Å². The van der Waals surface area contributed by atoms with Crippen molar-refractivity contribution in [3.8, 4) is 0 Å². The summed E-state index contributed by atoms with van der Waals surface area (Å²) in [7, 11) is 0. The van der Waals surface area contributed by atoms with Gasteiger partial charge < -0.3 is 9.40 Å². The van der Waals surface area contributed by atoms with Gasteiger partial charge >= 0.3 is 5.97 Å². The average Bonchev–Trinajstić information content (AvgIpc) is 2.11. The molecule has 13 heavy (non-hydrogen) atoms. The van der Waals surface area contributed by atoms with Crippen molar-refractivity contribution in [1.82, 2.24) is 0 Å². The molecule has 0 aliphatic carbocycles. The minimum Gasteiger partial charge on any atom is -0.396 e. The quantitative estimate of drug-likeness (QED) is 0.597. The Labute approximate surface area is 91.7 Å². The normalized spacial score (nSPS) is 15.1. The topological polar surface area (TPSA) is 46.5 Å². The van der Waals surface area contributed by atoms with Crippen molar-refractivity contribution in [2.45, 2.75) is 36.9 Å². The Hall–Kier alpha value is 0.200. The van der Waals surface area contributed by atoms with E-state index in [1.807, 2.05) is 0 Å². The maximum atomic E-state index is 11.0. The first-order valence-electron chi connectivity index (χ1n) is 4.17. The van der Waals surface area contributed by atoms with Gasteiger partial charge in [0.05, 0.1) is 0 Å². The van der Waals surface area contributed by atoms with Crippen molar-refractivity contribution in [3.05, 3.63) is 0 Å². The highest BCUT2D eigenvalue weighted by molar-refractivity contribution is 9.10. The third-order valence-electron chi connectivity index (χ3n) is 1.80. The molecule has 0 saturated carbocycles. The third-order valence-corrected chi connectivity index (χ3v) is 2.66. The smallest absolute Gasteiger partial charge is 0.340 e. The van der Waals surface area contributed by atoms with Gasteiger partial charge in [0.25, 0.3) is 0 Å².